The molecule has 0 radical (unpaired) electrons. The number of rotatable bonds is 3. The van der Waals surface area contributed by atoms with Gasteiger partial charge in [0.1, 0.15) is 0 Å². The minimum Gasteiger partial charge on any atom is -0.478 e. The number of carboxylic acids is 1. The molecule has 4 nitrogen and oxygen atoms in total. The fourth-order valence-electron chi connectivity index (χ4n) is 1.81. The molecule has 0 unspecified atom stereocenters. The fraction of sp³-hybridized carbons (Fsp3) is 0.0667. The molecular formula is C15H12ClNO3. The normalized spacial score (nSPS) is 10.1. The molecule has 0 aromatic heterocycles. The van der Waals surface area contributed by atoms with Crippen molar-refractivity contribution in [2.45, 2.75) is 6.92 Å². The van der Waals surface area contributed by atoms with Crippen LogP contribution >= 0.6 is 11.6 Å². The van der Waals surface area contributed by atoms with Crippen LogP contribution in [0.15, 0.2) is 42.5 Å². The molecule has 102 valence electrons. The summed E-state index contributed by atoms with van der Waals surface area (Å²) in [7, 11) is 0. The van der Waals surface area contributed by atoms with Crippen LogP contribution in [-0.4, -0.2) is 17.0 Å². The van der Waals surface area contributed by atoms with Gasteiger partial charge in [0.15, 0.2) is 0 Å². The Morgan fingerprint density at radius 3 is 2.55 bits per heavy atom. The molecule has 2 aromatic rings. The van der Waals surface area contributed by atoms with Crippen molar-refractivity contribution in [2.24, 2.45) is 0 Å². The van der Waals surface area contributed by atoms with Crippen LogP contribution in [0.25, 0.3) is 0 Å². The van der Waals surface area contributed by atoms with Crippen molar-refractivity contribution in [3.63, 3.8) is 0 Å². The molecule has 0 atom stereocenters. The molecule has 0 spiro atoms. The van der Waals surface area contributed by atoms with E-state index in [2.05, 4.69) is 5.32 Å². The van der Waals surface area contributed by atoms with E-state index in [0.29, 0.717) is 16.3 Å². The zero-order valence-electron chi connectivity index (χ0n) is 10.7. The van der Waals surface area contributed by atoms with E-state index in [1.807, 2.05) is 0 Å². The first-order valence-electron chi connectivity index (χ1n) is 5.88. The Balaban J connectivity index is 2.23. The van der Waals surface area contributed by atoms with Crippen molar-refractivity contribution < 1.29 is 14.7 Å². The number of aryl methyl sites for hydroxylation is 1. The Morgan fingerprint density at radius 2 is 1.90 bits per heavy atom. The maximum Gasteiger partial charge on any atom is 0.335 e. The van der Waals surface area contributed by atoms with E-state index in [1.165, 1.54) is 12.1 Å². The third-order valence-corrected chi connectivity index (χ3v) is 3.04. The van der Waals surface area contributed by atoms with Crippen LogP contribution in [0.3, 0.4) is 0 Å². The van der Waals surface area contributed by atoms with E-state index in [0.717, 1.165) is 5.56 Å². The number of amides is 1. The number of carboxylic acid groups (broad SMARTS) is 1. The van der Waals surface area contributed by atoms with Gasteiger partial charge in [-0.3, -0.25) is 4.79 Å². The molecule has 1 amide bonds. The standard InChI is InChI=1S/C15H12ClNO3/c1-9-7-11(16)5-6-13(9)14(18)17-12-4-2-3-10(8-12)15(19)20/h2-8H,1H3,(H,17,18)(H,19,20). The topological polar surface area (TPSA) is 66.4 Å². The van der Waals surface area contributed by atoms with Crippen molar-refractivity contribution in [2.75, 3.05) is 5.32 Å². The second-order valence-electron chi connectivity index (χ2n) is 4.30. The van der Waals surface area contributed by atoms with Crippen molar-refractivity contribution in [1.29, 1.82) is 0 Å². The number of carbonyl (C=O) groups excluding carboxylic acids is 1. The van der Waals surface area contributed by atoms with Crippen LogP contribution in [-0.2, 0) is 0 Å². The Kier molecular flexibility index (Phi) is 4.05. The van der Waals surface area contributed by atoms with Gasteiger partial charge in [0.05, 0.1) is 5.56 Å². The van der Waals surface area contributed by atoms with Crippen LogP contribution in [0.2, 0.25) is 5.02 Å². The van der Waals surface area contributed by atoms with Crippen molar-refractivity contribution in [3.05, 3.63) is 64.2 Å². The first kappa shape index (κ1) is 14.1. The lowest BCUT2D eigenvalue weighted by atomic mass is 10.1. The minimum atomic E-state index is -1.04. The second kappa shape index (κ2) is 5.75. The number of hydrogen-bond donors (Lipinski definition) is 2. The maximum atomic E-state index is 12.1. The van der Waals surface area contributed by atoms with E-state index in [1.54, 1.807) is 37.3 Å². The van der Waals surface area contributed by atoms with E-state index < -0.39 is 5.97 Å². The van der Waals surface area contributed by atoms with E-state index in [-0.39, 0.29) is 11.5 Å². The van der Waals surface area contributed by atoms with Crippen molar-refractivity contribution >= 4 is 29.2 Å². The number of hydrogen-bond acceptors (Lipinski definition) is 2. The summed E-state index contributed by atoms with van der Waals surface area (Å²) in [5, 5.41) is 12.1. The van der Waals surface area contributed by atoms with Crippen LogP contribution < -0.4 is 5.32 Å². The van der Waals surface area contributed by atoms with Gasteiger partial charge >= 0.3 is 5.97 Å². The Bertz CT molecular complexity index is 683. The predicted octanol–water partition coefficient (Wildman–Crippen LogP) is 3.60. The van der Waals surface area contributed by atoms with Gasteiger partial charge in [0, 0.05) is 16.3 Å². The molecule has 20 heavy (non-hydrogen) atoms. The molecule has 0 saturated heterocycles. The SMILES string of the molecule is Cc1cc(Cl)ccc1C(=O)Nc1cccc(C(=O)O)c1. The number of benzene rings is 2. The largest absolute Gasteiger partial charge is 0.478 e. The summed E-state index contributed by atoms with van der Waals surface area (Å²) in [5.41, 5.74) is 1.80. The first-order chi connectivity index (χ1) is 9.47. The van der Waals surface area contributed by atoms with Crippen LogP contribution in [0, 0.1) is 6.92 Å². The molecule has 0 bridgehead atoms. The van der Waals surface area contributed by atoms with Crippen molar-refractivity contribution in [3.8, 4) is 0 Å². The summed E-state index contributed by atoms with van der Waals surface area (Å²) in [6.45, 7) is 1.79. The predicted molar refractivity (Wildman–Crippen MR) is 77.5 cm³/mol. The third-order valence-electron chi connectivity index (χ3n) is 2.80. The molecule has 0 fully saturated rings. The average molecular weight is 290 g/mol. The molecule has 0 aliphatic carbocycles. The fourth-order valence-corrected chi connectivity index (χ4v) is 2.04. The van der Waals surface area contributed by atoms with E-state index in [9.17, 15) is 9.59 Å². The van der Waals surface area contributed by atoms with Gasteiger partial charge < -0.3 is 10.4 Å². The van der Waals surface area contributed by atoms with Gasteiger partial charge in [-0.1, -0.05) is 17.7 Å². The highest BCUT2D eigenvalue weighted by atomic mass is 35.5. The van der Waals surface area contributed by atoms with Crippen LogP contribution in [0.4, 0.5) is 5.69 Å². The number of nitrogens with one attached hydrogen (secondary N) is 1. The van der Waals surface area contributed by atoms with Gasteiger partial charge in [0.25, 0.3) is 5.91 Å². The monoisotopic (exact) mass is 289 g/mol. The number of aromatic carboxylic acids is 1. The zero-order valence-corrected chi connectivity index (χ0v) is 11.4. The summed E-state index contributed by atoms with van der Waals surface area (Å²) in [5.74, 6) is -1.34. The Morgan fingerprint density at radius 1 is 1.15 bits per heavy atom. The number of carbonyl (C=O) groups is 2. The van der Waals surface area contributed by atoms with Crippen LogP contribution in [0.1, 0.15) is 26.3 Å². The van der Waals surface area contributed by atoms with Crippen LogP contribution in [0.5, 0.6) is 0 Å². The van der Waals surface area contributed by atoms with Gasteiger partial charge in [-0.15, -0.1) is 0 Å². The van der Waals surface area contributed by atoms with Crippen molar-refractivity contribution in [1.82, 2.24) is 0 Å². The van der Waals surface area contributed by atoms with Gasteiger partial charge in [0.2, 0.25) is 0 Å². The molecule has 0 saturated carbocycles. The molecule has 2 aromatic carbocycles. The van der Waals surface area contributed by atoms with Gasteiger partial charge in [-0.25, -0.2) is 4.79 Å². The summed E-state index contributed by atoms with van der Waals surface area (Å²) < 4.78 is 0. The van der Waals surface area contributed by atoms with Gasteiger partial charge in [-0.05, 0) is 48.9 Å². The summed E-state index contributed by atoms with van der Waals surface area (Å²) in [6.07, 6.45) is 0. The lowest BCUT2D eigenvalue weighted by Gasteiger charge is -2.08. The zero-order chi connectivity index (χ0) is 14.7. The molecule has 0 aliphatic rings. The smallest absolute Gasteiger partial charge is 0.335 e. The molecule has 5 heteroatoms. The highest BCUT2D eigenvalue weighted by molar-refractivity contribution is 6.30. The summed E-state index contributed by atoms with van der Waals surface area (Å²) >= 11 is 5.84. The maximum absolute atomic E-state index is 12.1. The van der Waals surface area contributed by atoms with Gasteiger partial charge in [-0.2, -0.15) is 0 Å². The second-order valence-corrected chi connectivity index (χ2v) is 4.74. The lowest BCUT2D eigenvalue weighted by molar-refractivity contribution is 0.0696. The average Bonchev–Trinajstić information content (AvgIpc) is 2.38. The minimum absolute atomic E-state index is 0.121. The quantitative estimate of drug-likeness (QED) is 0.907. The molecular weight excluding hydrogens is 278 g/mol. The molecule has 2 rings (SSSR count). The lowest BCUT2D eigenvalue weighted by Crippen LogP contribution is -2.13. The summed E-state index contributed by atoms with van der Waals surface area (Å²) in [4.78, 5) is 23.0. The molecule has 2 N–H and O–H groups in total. The summed E-state index contributed by atoms with van der Waals surface area (Å²) in [6, 6.07) is 11.1. The number of anilines is 1. The highest BCUT2D eigenvalue weighted by Crippen LogP contribution is 2.17. The molecule has 0 aliphatic heterocycles. The molecule has 0 heterocycles. The first-order valence-corrected chi connectivity index (χ1v) is 6.26. The van der Waals surface area contributed by atoms with E-state index in [4.69, 9.17) is 16.7 Å². The third kappa shape index (κ3) is 3.16. The highest BCUT2D eigenvalue weighted by Gasteiger charge is 2.10. The number of halogens is 1. The Hall–Kier alpha value is -2.33. The van der Waals surface area contributed by atoms with E-state index >= 15 is 0 Å². The Labute approximate surface area is 121 Å².